The van der Waals surface area contributed by atoms with Gasteiger partial charge in [-0.2, -0.15) is 0 Å². The molecule has 1 aliphatic rings. The third-order valence-corrected chi connectivity index (χ3v) is 4.40. The Bertz CT molecular complexity index is 887. The Balaban J connectivity index is 1.92. The number of imide groups is 1. The number of nitrogens with zero attached hydrogens (tertiary/aromatic N) is 1. The zero-order valence-corrected chi connectivity index (χ0v) is 15.8. The fourth-order valence-electron chi connectivity index (χ4n) is 2.47. The first-order chi connectivity index (χ1) is 12.4. The molecule has 0 saturated carbocycles. The minimum atomic E-state index is -0.549. The predicted molar refractivity (Wildman–Crippen MR) is 103 cm³/mol. The van der Waals surface area contributed by atoms with Crippen molar-refractivity contribution in [2.75, 3.05) is 11.5 Å². The highest BCUT2D eigenvalue weighted by atomic mass is 35.5. The van der Waals surface area contributed by atoms with E-state index in [9.17, 15) is 9.59 Å². The van der Waals surface area contributed by atoms with Gasteiger partial charge in [-0.3, -0.25) is 4.79 Å². The number of ether oxygens (including phenoxy) is 1. The van der Waals surface area contributed by atoms with E-state index in [2.05, 4.69) is 5.32 Å². The number of halogens is 3. The average Bonchev–Trinajstić information content (AvgIpc) is 2.86. The molecule has 1 saturated heterocycles. The fourth-order valence-corrected chi connectivity index (χ4v) is 3.21. The zero-order chi connectivity index (χ0) is 18.8. The minimum Gasteiger partial charge on any atom is -0.491 e. The number of urea groups is 1. The number of nitrogens with one attached hydrogen (secondary N) is 1. The summed E-state index contributed by atoms with van der Waals surface area (Å²) in [6.45, 7) is 2.24. The van der Waals surface area contributed by atoms with Gasteiger partial charge < -0.3 is 10.1 Å². The summed E-state index contributed by atoms with van der Waals surface area (Å²) < 4.78 is 5.37. The first-order valence-electron chi connectivity index (χ1n) is 7.65. The summed E-state index contributed by atoms with van der Waals surface area (Å²) in [4.78, 5) is 25.8. The molecule has 1 fully saturated rings. The molecular weight excluding hydrogens is 399 g/mol. The van der Waals surface area contributed by atoms with Gasteiger partial charge in [-0.05, 0) is 55.0 Å². The molecule has 3 rings (SSSR count). The van der Waals surface area contributed by atoms with Gasteiger partial charge in [0.1, 0.15) is 5.70 Å². The van der Waals surface area contributed by atoms with Gasteiger partial charge in [0.15, 0.2) is 5.75 Å². The highest BCUT2D eigenvalue weighted by Crippen LogP contribution is 2.35. The van der Waals surface area contributed by atoms with Crippen molar-refractivity contribution in [1.82, 2.24) is 5.32 Å². The lowest BCUT2D eigenvalue weighted by Gasteiger charge is -2.11. The first kappa shape index (κ1) is 18.6. The summed E-state index contributed by atoms with van der Waals surface area (Å²) in [5, 5.41) is 3.69. The van der Waals surface area contributed by atoms with E-state index in [1.165, 1.54) is 6.08 Å². The molecule has 3 amide bonds. The van der Waals surface area contributed by atoms with Gasteiger partial charge in [0.25, 0.3) is 5.91 Å². The van der Waals surface area contributed by atoms with E-state index >= 15 is 0 Å². The molecule has 2 aromatic rings. The standard InChI is InChI=1S/C18H13Cl3N2O3/c1-2-26-16-13(20)7-10(8-14(16)21)9-15-17(24)23(18(25)22-15)12-5-3-11(19)4-6-12/h3-9H,2H2,1H3,(H,22,25)/b15-9+. The van der Waals surface area contributed by atoms with Gasteiger partial charge in [0.2, 0.25) is 0 Å². The van der Waals surface area contributed by atoms with E-state index in [1.54, 1.807) is 36.4 Å². The molecule has 0 unspecified atom stereocenters. The molecule has 26 heavy (non-hydrogen) atoms. The first-order valence-corrected chi connectivity index (χ1v) is 8.78. The Hall–Kier alpha value is -2.21. The molecule has 1 heterocycles. The SMILES string of the molecule is CCOc1c(Cl)cc(/C=C2/NC(=O)N(c3ccc(Cl)cc3)C2=O)cc1Cl. The number of amides is 3. The van der Waals surface area contributed by atoms with Crippen molar-refractivity contribution in [2.24, 2.45) is 0 Å². The Morgan fingerprint density at radius 2 is 1.69 bits per heavy atom. The number of hydrogen-bond acceptors (Lipinski definition) is 3. The van der Waals surface area contributed by atoms with Crippen LogP contribution in [0.4, 0.5) is 10.5 Å². The molecule has 0 aromatic heterocycles. The number of rotatable bonds is 4. The quantitative estimate of drug-likeness (QED) is 0.559. The van der Waals surface area contributed by atoms with Crippen molar-refractivity contribution < 1.29 is 14.3 Å². The van der Waals surface area contributed by atoms with Crippen molar-refractivity contribution in [3.8, 4) is 5.75 Å². The van der Waals surface area contributed by atoms with Crippen LogP contribution in [0.5, 0.6) is 5.75 Å². The smallest absolute Gasteiger partial charge is 0.333 e. The van der Waals surface area contributed by atoms with Crippen molar-refractivity contribution in [2.45, 2.75) is 6.92 Å². The van der Waals surface area contributed by atoms with Gasteiger partial charge in [-0.1, -0.05) is 34.8 Å². The Morgan fingerprint density at radius 1 is 1.08 bits per heavy atom. The summed E-state index contributed by atoms with van der Waals surface area (Å²) in [5.41, 5.74) is 1.09. The maximum absolute atomic E-state index is 12.6. The van der Waals surface area contributed by atoms with Crippen molar-refractivity contribution in [3.05, 3.63) is 62.7 Å². The van der Waals surface area contributed by atoms with Crippen LogP contribution in [0.15, 0.2) is 42.1 Å². The van der Waals surface area contributed by atoms with Crippen LogP contribution < -0.4 is 15.0 Å². The molecule has 0 atom stereocenters. The predicted octanol–water partition coefficient (Wildman–Crippen LogP) is 5.14. The monoisotopic (exact) mass is 410 g/mol. The third-order valence-electron chi connectivity index (χ3n) is 3.58. The van der Waals surface area contributed by atoms with Gasteiger partial charge in [0, 0.05) is 5.02 Å². The molecule has 8 heteroatoms. The molecule has 0 bridgehead atoms. The van der Waals surface area contributed by atoms with E-state index in [0.29, 0.717) is 38.7 Å². The molecule has 5 nitrogen and oxygen atoms in total. The van der Waals surface area contributed by atoms with Crippen molar-refractivity contribution in [1.29, 1.82) is 0 Å². The molecule has 0 radical (unpaired) electrons. The molecule has 134 valence electrons. The topological polar surface area (TPSA) is 58.6 Å². The summed E-state index contributed by atoms with van der Waals surface area (Å²) >= 11 is 18.2. The van der Waals surface area contributed by atoms with E-state index in [1.807, 2.05) is 6.92 Å². The zero-order valence-electron chi connectivity index (χ0n) is 13.6. The second kappa shape index (κ2) is 7.58. The number of anilines is 1. The maximum atomic E-state index is 12.6. The Labute approximate surface area is 165 Å². The van der Waals surface area contributed by atoms with E-state index in [4.69, 9.17) is 39.5 Å². The Kier molecular flexibility index (Phi) is 5.41. The van der Waals surface area contributed by atoms with Gasteiger partial charge in [-0.25, -0.2) is 9.69 Å². The lowest BCUT2D eigenvalue weighted by molar-refractivity contribution is -0.113. The molecule has 2 aromatic carbocycles. The number of hydrogen-bond donors (Lipinski definition) is 1. The summed E-state index contributed by atoms with van der Waals surface area (Å²) in [6.07, 6.45) is 1.50. The summed E-state index contributed by atoms with van der Waals surface area (Å²) in [7, 11) is 0. The third kappa shape index (κ3) is 3.65. The molecule has 1 N–H and O–H groups in total. The van der Waals surface area contributed by atoms with Crippen LogP contribution in [0.2, 0.25) is 15.1 Å². The lowest BCUT2D eigenvalue weighted by Crippen LogP contribution is -2.30. The van der Waals surface area contributed by atoms with E-state index in [0.717, 1.165) is 4.90 Å². The average molecular weight is 412 g/mol. The van der Waals surface area contributed by atoms with Crippen LogP contribution in [0.3, 0.4) is 0 Å². The highest BCUT2D eigenvalue weighted by molar-refractivity contribution is 6.37. The molecule has 1 aliphatic heterocycles. The van der Waals surface area contributed by atoms with E-state index < -0.39 is 11.9 Å². The second-order valence-corrected chi connectivity index (χ2v) is 6.60. The molecular formula is C18H13Cl3N2O3. The van der Waals surface area contributed by atoms with Crippen molar-refractivity contribution in [3.63, 3.8) is 0 Å². The van der Waals surface area contributed by atoms with Crippen LogP contribution >= 0.6 is 34.8 Å². The second-order valence-electron chi connectivity index (χ2n) is 5.35. The largest absolute Gasteiger partial charge is 0.491 e. The highest BCUT2D eigenvalue weighted by Gasteiger charge is 2.34. The van der Waals surface area contributed by atoms with E-state index in [-0.39, 0.29) is 5.70 Å². The van der Waals surface area contributed by atoms with Crippen LogP contribution in [-0.4, -0.2) is 18.5 Å². The maximum Gasteiger partial charge on any atom is 0.333 e. The minimum absolute atomic E-state index is 0.112. The van der Waals surface area contributed by atoms with Crippen LogP contribution in [0.1, 0.15) is 12.5 Å². The Morgan fingerprint density at radius 3 is 2.27 bits per heavy atom. The fraction of sp³-hybridized carbons (Fsp3) is 0.111. The summed E-state index contributed by atoms with van der Waals surface area (Å²) in [6, 6.07) is 9.05. The van der Waals surface area contributed by atoms with Crippen LogP contribution in [0, 0.1) is 0 Å². The van der Waals surface area contributed by atoms with Gasteiger partial charge in [-0.15, -0.1) is 0 Å². The van der Waals surface area contributed by atoms with Crippen molar-refractivity contribution >= 4 is 58.5 Å². The van der Waals surface area contributed by atoms with Gasteiger partial charge >= 0.3 is 6.03 Å². The van der Waals surface area contributed by atoms with Crippen LogP contribution in [-0.2, 0) is 4.79 Å². The normalized spacial score (nSPS) is 15.5. The van der Waals surface area contributed by atoms with Gasteiger partial charge in [0.05, 0.1) is 22.3 Å². The molecule has 0 aliphatic carbocycles. The number of carbonyl (C=O) groups excluding carboxylic acids is 2. The number of benzene rings is 2. The lowest BCUT2D eigenvalue weighted by atomic mass is 10.1. The molecule has 0 spiro atoms. The number of carbonyl (C=O) groups is 2. The van der Waals surface area contributed by atoms with Crippen LogP contribution in [0.25, 0.3) is 6.08 Å². The summed E-state index contributed by atoms with van der Waals surface area (Å²) in [5.74, 6) is -0.110.